The molecule has 0 bridgehead atoms. The van der Waals surface area contributed by atoms with Crippen molar-refractivity contribution in [3.05, 3.63) is 18.0 Å². The smallest absolute Gasteiger partial charge is 0.136 e. The SMILES string of the molecule is CC(C)C(C)C(=O)CCc1ccnn1C. The predicted molar refractivity (Wildman–Crippen MR) is 60.5 cm³/mol. The van der Waals surface area contributed by atoms with Crippen LogP contribution in [0.4, 0.5) is 0 Å². The lowest BCUT2D eigenvalue weighted by Crippen LogP contribution is -2.17. The fraction of sp³-hybridized carbons (Fsp3) is 0.667. The molecule has 1 heterocycles. The molecule has 0 spiro atoms. The Hall–Kier alpha value is -1.12. The molecule has 1 unspecified atom stereocenters. The third-order valence-electron chi connectivity index (χ3n) is 3.06. The van der Waals surface area contributed by atoms with E-state index >= 15 is 0 Å². The Balaban J connectivity index is 2.44. The molecule has 0 amide bonds. The molecule has 0 aliphatic carbocycles. The number of rotatable bonds is 5. The van der Waals surface area contributed by atoms with Crippen LogP contribution in [-0.4, -0.2) is 15.6 Å². The van der Waals surface area contributed by atoms with Crippen molar-refractivity contribution in [2.75, 3.05) is 0 Å². The summed E-state index contributed by atoms with van der Waals surface area (Å²) in [7, 11) is 1.91. The standard InChI is InChI=1S/C12H20N2O/c1-9(2)10(3)12(15)6-5-11-7-8-13-14(11)4/h7-10H,5-6H2,1-4H3. The molecule has 3 nitrogen and oxygen atoms in total. The van der Waals surface area contributed by atoms with E-state index in [1.807, 2.05) is 24.7 Å². The number of carbonyl (C=O) groups excluding carboxylic acids is 1. The lowest BCUT2D eigenvalue weighted by Gasteiger charge is -2.13. The van der Waals surface area contributed by atoms with E-state index in [1.54, 1.807) is 6.20 Å². The molecule has 0 aliphatic heterocycles. The number of nitrogens with zero attached hydrogens (tertiary/aromatic N) is 2. The molecule has 0 aliphatic rings. The van der Waals surface area contributed by atoms with Crippen LogP contribution < -0.4 is 0 Å². The number of ketones is 1. The Kier molecular flexibility index (Phi) is 4.06. The molecule has 0 aromatic carbocycles. The maximum atomic E-state index is 11.8. The average Bonchev–Trinajstić information content (AvgIpc) is 2.59. The van der Waals surface area contributed by atoms with Gasteiger partial charge in [0, 0.05) is 31.3 Å². The van der Waals surface area contributed by atoms with Crippen molar-refractivity contribution in [3.8, 4) is 0 Å². The van der Waals surface area contributed by atoms with Crippen LogP contribution in [0.2, 0.25) is 0 Å². The second-order valence-corrected chi connectivity index (χ2v) is 4.45. The van der Waals surface area contributed by atoms with E-state index in [4.69, 9.17) is 0 Å². The van der Waals surface area contributed by atoms with Crippen LogP contribution in [0.3, 0.4) is 0 Å². The Labute approximate surface area is 91.5 Å². The summed E-state index contributed by atoms with van der Waals surface area (Å²) in [5.41, 5.74) is 1.12. The van der Waals surface area contributed by atoms with Gasteiger partial charge in [-0.05, 0) is 18.4 Å². The van der Waals surface area contributed by atoms with Gasteiger partial charge in [0.2, 0.25) is 0 Å². The van der Waals surface area contributed by atoms with Gasteiger partial charge in [0.05, 0.1) is 0 Å². The number of hydrogen-bond acceptors (Lipinski definition) is 2. The van der Waals surface area contributed by atoms with Gasteiger partial charge in [-0.15, -0.1) is 0 Å². The molecular formula is C12H20N2O. The van der Waals surface area contributed by atoms with E-state index < -0.39 is 0 Å². The molecule has 84 valence electrons. The van der Waals surface area contributed by atoms with Crippen LogP contribution in [-0.2, 0) is 18.3 Å². The van der Waals surface area contributed by atoms with Gasteiger partial charge in [-0.3, -0.25) is 9.48 Å². The second-order valence-electron chi connectivity index (χ2n) is 4.45. The van der Waals surface area contributed by atoms with Crippen molar-refractivity contribution in [2.45, 2.75) is 33.6 Å². The topological polar surface area (TPSA) is 34.9 Å². The van der Waals surface area contributed by atoms with E-state index in [-0.39, 0.29) is 5.92 Å². The number of carbonyl (C=O) groups is 1. The van der Waals surface area contributed by atoms with Gasteiger partial charge in [0.15, 0.2) is 0 Å². The number of aromatic nitrogens is 2. The highest BCUT2D eigenvalue weighted by molar-refractivity contribution is 5.81. The first-order valence-electron chi connectivity index (χ1n) is 5.52. The second kappa shape index (κ2) is 5.10. The van der Waals surface area contributed by atoms with Crippen molar-refractivity contribution in [1.82, 2.24) is 9.78 Å². The number of hydrogen-bond donors (Lipinski definition) is 0. The van der Waals surface area contributed by atoms with Gasteiger partial charge < -0.3 is 0 Å². The van der Waals surface area contributed by atoms with E-state index in [0.717, 1.165) is 12.1 Å². The molecular weight excluding hydrogens is 188 g/mol. The first-order valence-corrected chi connectivity index (χ1v) is 5.52. The highest BCUT2D eigenvalue weighted by atomic mass is 16.1. The monoisotopic (exact) mass is 208 g/mol. The summed E-state index contributed by atoms with van der Waals surface area (Å²) in [6, 6.07) is 1.97. The molecule has 0 saturated heterocycles. The van der Waals surface area contributed by atoms with Gasteiger partial charge >= 0.3 is 0 Å². The Morgan fingerprint density at radius 2 is 2.13 bits per heavy atom. The maximum Gasteiger partial charge on any atom is 0.136 e. The maximum absolute atomic E-state index is 11.8. The van der Waals surface area contributed by atoms with Crippen LogP contribution in [0.5, 0.6) is 0 Å². The average molecular weight is 208 g/mol. The minimum absolute atomic E-state index is 0.165. The lowest BCUT2D eigenvalue weighted by molar-refractivity contribution is -0.123. The quantitative estimate of drug-likeness (QED) is 0.743. The van der Waals surface area contributed by atoms with Crippen LogP contribution in [0.15, 0.2) is 12.3 Å². The summed E-state index contributed by atoms with van der Waals surface area (Å²) in [5, 5.41) is 4.08. The summed E-state index contributed by atoms with van der Waals surface area (Å²) >= 11 is 0. The third kappa shape index (κ3) is 3.18. The summed E-state index contributed by atoms with van der Waals surface area (Å²) < 4.78 is 1.83. The van der Waals surface area contributed by atoms with Crippen LogP contribution >= 0.6 is 0 Å². The fourth-order valence-electron chi connectivity index (χ4n) is 1.50. The normalized spacial score (nSPS) is 13.1. The zero-order valence-electron chi connectivity index (χ0n) is 10.0. The summed E-state index contributed by atoms with van der Waals surface area (Å²) in [6.45, 7) is 6.19. The third-order valence-corrected chi connectivity index (χ3v) is 3.06. The number of aryl methyl sites for hydroxylation is 2. The molecule has 0 N–H and O–H groups in total. The van der Waals surface area contributed by atoms with Gasteiger partial charge in [0.25, 0.3) is 0 Å². The minimum atomic E-state index is 0.165. The molecule has 1 aromatic heterocycles. The molecule has 0 radical (unpaired) electrons. The molecule has 15 heavy (non-hydrogen) atoms. The Morgan fingerprint density at radius 1 is 1.47 bits per heavy atom. The molecule has 1 rings (SSSR count). The van der Waals surface area contributed by atoms with E-state index in [1.165, 1.54) is 0 Å². The highest BCUT2D eigenvalue weighted by Crippen LogP contribution is 2.14. The van der Waals surface area contributed by atoms with E-state index in [9.17, 15) is 4.79 Å². The van der Waals surface area contributed by atoms with Crippen molar-refractivity contribution in [3.63, 3.8) is 0 Å². The lowest BCUT2D eigenvalue weighted by atomic mass is 9.91. The van der Waals surface area contributed by atoms with Crippen LogP contribution in [0.25, 0.3) is 0 Å². The van der Waals surface area contributed by atoms with Crippen molar-refractivity contribution >= 4 is 5.78 Å². The van der Waals surface area contributed by atoms with Crippen molar-refractivity contribution in [1.29, 1.82) is 0 Å². The summed E-state index contributed by atoms with van der Waals surface area (Å²) in [4.78, 5) is 11.8. The van der Waals surface area contributed by atoms with Crippen LogP contribution in [0, 0.1) is 11.8 Å². The van der Waals surface area contributed by atoms with Crippen LogP contribution in [0.1, 0.15) is 32.9 Å². The zero-order chi connectivity index (χ0) is 11.4. The van der Waals surface area contributed by atoms with Crippen molar-refractivity contribution in [2.24, 2.45) is 18.9 Å². The first-order chi connectivity index (χ1) is 7.02. The van der Waals surface area contributed by atoms with E-state index in [2.05, 4.69) is 18.9 Å². The molecule has 0 saturated carbocycles. The molecule has 1 aromatic rings. The summed E-state index contributed by atoms with van der Waals surface area (Å²) in [6.07, 6.45) is 3.19. The largest absolute Gasteiger partial charge is 0.299 e. The molecule has 0 fully saturated rings. The van der Waals surface area contributed by atoms with Gasteiger partial charge in [0.1, 0.15) is 5.78 Å². The summed E-state index contributed by atoms with van der Waals surface area (Å²) in [5.74, 6) is 0.952. The highest BCUT2D eigenvalue weighted by Gasteiger charge is 2.16. The Bertz CT molecular complexity index is 328. The molecule has 1 atom stereocenters. The van der Waals surface area contributed by atoms with Gasteiger partial charge in [-0.25, -0.2) is 0 Å². The predicted octanol–water partition coefficient (Wildman–Crippen LogP) is 2.21. The van der Waals surface area contributed by atoms with Gasteiger partial charge in [-0.2, -0.15) is 5.10 Å². The minimum Gasteiger partial charge on any atom is -0.299 e. The van der Waals surface area contributed by atoms with Crippen molar-refractivity contribution < 1.29 is 4.79 Å². The van der Waals surface area contributed by atoms with Gasteiger partial charge in [-0.1, -0.05) is 20.8 Å². The first kappa shape index (κ1) is 12.0. The molecule has 3 heteroatoms. The number of Topliss-reactive ketones (excluding diaryl/α,β-unsaturated/α-hetero) is 1. The fourth-order valence-corrected chi connectivity index (χ4v) is 1.50. The Morgan fingerprint density at radius 3 is 2.60 bits per heavy atom. The van der Waals surface area contributed by atoms with E-state index in [0.29, 0.717) is 18.1 Å². The zero-order valence-corrected chi connectivity index (χ0v) is 10.0.